The molecule has 0 aliphatic heterocycles. The van der Waals surface area contributed by atoms with Crippen molar-refractivity contribution in [3.63, 3.8) is 0 Å². The van der Waals surface area contributed by atoms with Crippen LogP contribution in [0.1, 0.15) is 11.4 Å². The number of rotatable bonds is 3. The lowest BCUT2D eigenvalue weighted by Crippen LogP contribution is -2.02. The first-order valence-corrected chi connectivity index (χ1v) is 6.85. The predicted octanol–water partition coefficient (Wildman–Crippen LogP) is 0.881. The van der Waals surface area contributed by atoms with Crippen molar-refractivity contribution in [2.24, 2.45) is 0 Å². The van der Waals surface area contributed by atoms with Gasteiger partial charge in [0, 0.05) is 17.1 Å². The lowest BCUT2D eigenvalue weighted by Gasteiger charge is -2.03. The Hall–Kier alpha value is -1.60. The zero-order valence-corrected chi connectivity index (χ0v) is 9.96. The summed E-state index contributed by atoms with van der Waals surface area (Å²) in [7, 11) is 1.47. The molecular weight excluding hydrogens is 268 g/mol. The standard InChI is InChI=1S/C9H7ClN2O4S/c10-17(14,15)7-4-2-1-3-6(7)5-8-11-9(13)16-12-8/h1-4H,5H2,(H,11,12,13). The molecule has 1 N–H and O–H groups in total. The van der Waals surface area contributed by atoms with E-state index in [-0.39, 0.29) is 17.1 Å². The number of aromatic amines is 1. The normalized spacial score (nSPS) is 11.6. The first-order valence-electron chi connectivity index (χ1n) is 4.54. The fourth-order valence-corrected chi connectivity index (χ4v) is 2.55. The summed E-state index contributed by atoms with van der Waals surface area (Å²) in [6.07, 6.45) is 0.119. The summed E-state index contributed by atoms with van der Waals surface area (Å²) in [4.78, 5) is 13.1. The number of H-pyrrole nitrogens is 1. The van der Waals surface area contributed by atoms with Crippen LogP contribution in [0.5, 0.6) is 0 Å². The number of benzene rings is 1. The Bertz CT molecular complexity index is 689. The summed E-state index contributed by atoms with van der Waals surface area (Å²) in [6, 6.07) is 6.20. The van der Waals surface area contributed by atoms with Crippen molar-refractivity contribution in [2.75, 3.05) is 0 Å². The van der Waals surface area contributed by atoms with Crippen LogP contribution in [0.25, 0.3) is 0 Å². The molecule has 0 amide bonds. The van der Waals surface area contributed by atoms with Crippen LogP contribution in [0.4, 0.5) is 0 Å². The van der Waals surface area contributed by atoms with Gasteiger partial charge in [0.2, 0.25) is 0 Å². The number of halogens is 1. The van der Waals surface area contributed by atoms with Gasteiger partial charge < -0.3 is 0 Å². The molecule has 6 nitrogen and oxygen atoms in total. The Balaban J connectivity index is 2.43. The van der Waals surface area contributed by atoms with Crippen molar-refractivity contribution < 1.29 is 12.9 Å². The molecule has 1 aromatic carbocycles. The van der Waals surface area contributed by atoms with Crippen LogP contribution in [0.15, 0.2) is 38.5 Å². The van der Waals surface area contributed by atoms with Gasteiger partial charge in [0.1, 0.15) is 0 Å². The molecule has 0 saturated heterocycles. The van der Waals surface area contributed by atoms with Gasteiger partial charge in [0.25, 0.3) is 9.05 Å². The number of hydrogen-bond acceptors (Lipinski definition) is 5. The highest BCUT2D eigenvalue weighted by atomic mass is 35.7. The van der Waals surface area contributed by atoms with Crippen molar-refractivity contribution in [3.8, 4) is 0 Å². The maximum absolute atomic E-state index is 11.3. The van der Waals surface area contributed by atoms with Crippen molar-refractivity contribution in [3.05, 3.63) is 46.2 Å². The number of hydrogen-bond donors (Lipinski definition) is 1. The van der Waals surface area contributed by atoms with E-state index in [1.807, 2.05) is 0 Å². The Morgan fingerprint density at radius 2 is 2.06 bits per heavy atom. The van der Waals surface area contributed by atoms with Gasteiger partial charge in [-0.2, -0.15) is 0 Å². The average molecular weight is 275 g/mol. The lowest BCUT2D eigenvalue weighted by atomic mass is 10.1. The van der Waals surface area contributed by atoms with Crippen LogP contribution in [-0.4, -0.2) is 18.6 Å². The molecule has 0 radical (unpaired) electrons. The third-order valence-electron chi connectivity index (χ3n) is 2.08. The van der Waals surface area contributed by atoms with Gasteiger partial charge in [-0.05, 0) is 11.6 Å². The second-order valence-corrected chi connectivity index (χ2v) is 5.80. The molecule has 0 spiro atoms. The second kappa shape index (κ2) is 4.34. The van der Waals surface area contributed by atoms with E-state index in [1.54, 1.807) is 18.2 Å². The quantitative estimate of drug-likeness (QED) is 0.839. The summed E-state index contributed by atoms with van der Waals surface area (Å²) in [5.74, 6) is -0.450. The SMILES string of the molecule is O=c1[nH]c(Cc2ccccc2S(=O)(=O)Cl)no1. The van der Waals surface area contributed by atoms with E-state index in [0.29, 0.717) is 5.56 Å². The topological polar surface area (TPSA) is 93.0 Å². The Morgan fingerprint density at radius 3 is 2.65 bits per heavy atom. The fraction of sp³-hybridized carbons (Fsp3) is 0.111. The summed E-state index contributed by atoms with van der Waals surface area (Å²) >= 11 is 0. The van der Waals surface area contributed by atoms with E-state index in [2.05, 4.69) is 14.7 Å². The summed E-state index contributed by atoms with van der Waals surface area (Å²) in [5, 5.41) is 3.45. The molecule has 1 aromatic heterocycles. The number of aromatic nitrogens is 2. The van der Waals surface area contributed by atoms with Crippen LogP contribution in [-0.2, 0) is 15.5 Å². The first-order chi connectivity index (χ1) is 7.97. The smallest absolute Gasteiger partial charge is 0.296 e. The van der Waals surface area contributed by atoms with Crippen LogP contribution in [0, 0.1) is 0 Å². The zero-order valence-electron chi connectivity index (χ0n) is 8.38. The van der Waals surface area contributed by atoms with E-state index in [1.165, 1.54) is 6.07 Å². The molecule has 0 fully saturated rings. The lowest BCUT2D eigenvalue weighted by molar-refractivity contribution is 0.382. The monoisotopic (exact) mass is 274 g/mol. The third-order valence-corrected chi connectivity index (χ3v) is 3.50. The molecule has 0 aliphatic rings. The molecule has 2 aromatic rings. The molecule has 0 saturated carbocycles. The van der Waals surface area contributed by atoms with Crippen LogP contribution >= 0.6 is 10.7 Å². The van der Waals surface area contributed by atoms with Gasteiger partial charge in [-0.3, -0.25) is 9.51 Å². The fourth-order valence-electron chi connectivity index (χ4n) is 1.40. The minimum Gasteiger partial charge on any atom is -0.296 e. The van der Waals surface area contributed by atoms with Crippen LogP contribution < -0.4 is 5.76 Å². The highest BCUT2D eigenvalue weighted by molar-refractivity contribution is 8.13. The maximum Gasteiger partial charge on any atom is 0.438 e. The molecule has 0 atom stereocenters. The number of nitrogens with one attached hydrogen (secondary N) is 1. The molecule has 1 heterocycles. The largest absolute Gasteiger partial charge is 0.438 e. The van der Waals surface area contributed by atoms with Crippen molar-refractivity contribution in [1.82, 2.24) is 10.1 Å². The van der Waals surface area contributed by atoms with Gasteiger partial charge in [-0.15, -0.1) is 0 Å². The summed E-state index contributed by atoms with van der Waals surface area (Å²) < 4.78 is 26.9. The highest BCUT2D eigenvalue weighted by Crippen LogP contribution is 2.21. The zero-order chi connectivity index (χ0) is 12.5. The van der Waals surface area contributed by atoms with Gasteiger partial charge in [-0.25, -0.2) is 13.2 Å². The Labute approximate surface area is 101 Å². The van der Waals surface area contributed by atoms with Crippen LogP contribution in [0.3, 0.4) is 0 Å². The third kappa shape index (κ3) is 2.75. The second-order valence-electron chi connectivity index (χ2n) is 3.26. The minimum atomic E-state index is -3.82. The van der Waals surface area contributed by atoms with Gasteiger partial charge in [0.05, 0.1) is 4.90 Å². The molecule has 2 rings (SSSR count). The molecular formula is C9H7ClN2O4S. The summed E-state index contributed by atoms with van der Waals surface area (Å²) in [6.45, 7) is 0. The maximum atomic E-state index is 11.3. The van der Waals surface area contributed by atoms with Gasteiger partial charge >= 0.3 is 5.76 Å². The van der Waals surface area contributed by atoms with Gasteiger partial charge in [0.15, 0.2) is 5.82 Å². The van der Waals surface area contributed by atoms with Crippen LogP contribution in [0.2, 0.25) is 0 Å². The molecule has 0 bridgehead atoms. The van der Waals surface area contributed by atoms with E-state index >= 15 is 0 Å². The minimum absolute atomic E-state index is 0.00878. The molecule has 8 heteroatoms. The Morgan fingerprint density at radius 1 is 1.35 bits per heavy atom. The van der Waals surface area contributed by atoms with Crippen molar-refractivity contribution >= 4 is 19.7 Å². The molecule has 17 heavy (non-hydrogen) atoms. The van der Waals surface area contributed by atoms with E-state index in [4.69, 9.17) is 10.7 Å². The number of nitrogens with zero attached hydrogens (tertiary/aromatic N) is 1. The molecule has 90 valence electrons. The van der Waals surface area contributed by atoms with E-state index in [0.717, 1.165) is 0 Å². The predicted molar refractivity (Wildman–Crippen MR) is 59.4 cm³/mol. The molecule has 0 unspecified atom stereocenters. The average Bonchev–Trinajstić information content (AvgIpc) is 2.63. The van der Waals surface area contributed by atoms with Crippen molar-refractivity contribution in [2.45, 2.75) is 11.3 Å². The van der Waals surface area contributed by atoms with Gasteiger partial charge in [-0.1, -0.05) is 23.4 Å². The Kier molecular flexibility index (Phi) is 3.03. The van der Waals surface area contributed by atoms with Crippen molar-refractivity contribution in [1.29, 1.82) is 0 Å². The first kappa shape index (κ1) is 11.9. The molecule has 0 aliphatic carbocycles. The van der Waals surface area contributed by atoms with E-state index < -0.39 is 14.8 Å². The summed E-state index contributed by atoms with van der Waals surface area (Å²) in [5.41, 5.74) is 0.437. The van der Waals surface area contributed by atoms with E-state index in [9.17, 15) is 13.2 Å². The highest BCUT2D eigenvalue weighted by Gasteiger charge is 2.16.